The van der Waals surface area contributed by atoms with Crippen LogP contribution in [0.4, 0.5) is 4.79 Å². The number of sulfonamides is 1. The van der Waals surface area contributed by atoms with Crippen molar-refractivity contribution in [2.45, 2.75) is 50.3 Å². The Morgan fingerprint density at radius 3 is 2.26 bits per heavy atom. The molecule has 7 nitrogen and oxygen atoms in total. The predicted molar refractivity (Wildman–Crippen MR) is 70.1 cm³/mol. The van der Waals surface area contributed by atoms with Crippen LogP contribution in [0.3, 0.4) is 0 Å². The van der Waals surface area contributed by atoms with Crippen molar-refractivity contribution in [3.8, 4) is 0 Å². The van der Waals surface area contributed by atoms with Crippen LogP contribution in [0.25, 0.3) is 0 Å². The van der Waals surface area contributed by atoms with Gasteiger partial charge in [-0.15, -0.1) is 4.83 Å². The largest absolute Gasteiger partial charge is 0.464 e. The molecule has 2 N–H and O–H groups in total. The minimum absolute atomic E-state index is 0.337. The fourth-order valence-corrected chi connectivity index (χ4v) is 3.54. The van der Waals surface area contributed by atoms with E-state index in [2.05, 4.69) is 4.83 Å². The van der Waals surface area contributed by atoms with Crippen molar-refractivity contribution in [3.05, 3.63) is 0 Å². The van der Waals surface area contributed by atoms with E-state index < -0.39 is 26.4 Å². The van der Waals surface area contributed by atoms with Crippen molar-refractivity contribution in [2.75, 3.05) is 13.7 Å². The topological polar surface area (TPSA) is 95.9 Å². The maximum absolute atomic E-state index is 12.3. The molecule has 112 valence electrons. The summed E-state index contributed by atoms with van der Waals surface area (Å²) in [6.45, 7) is 5.21. The third kappa shape index (κ3) is 3.58. The van der Waals surface area contributed by atoms with Gasteiger partial charge >= 0.3 is 6.09 Å². The van der Waals surface area contributed by atoms with Gasteiger partial charge in [-0.2, -0.15) is 0 Å². The van der Waals surface area contributed by atoms with Gasteiger partial charge in [-0.25, -0.2) is 18.2 Å². The molecule has 0 spiro atoms. The highest BCUT2D eigenvalue weighted by Crippen LogP contribution is 2.46. The zero-order chi connectivity index (χ0) is 14.9. The zero-order valence-electron chi connectivity index (χ0n) is 11.8. The summed E-state index contributed by atoms with van der Waals surface area (Å²) in [5.41, 5.74) is -0.851. The van der Waals surface area contributed by atoms with E-state index in [-0.39, 0.29) is 0 Å². The third-order valence-corrected chi connectivity index (χ3v) is 5.39. The molecule has 1 rings (SSSR count). The minimum atomic E-state index is -3.73. The summed E-state index contributed by atoms with van der Waals surface area (Å²) < 4.78 is 28.6. The van der Waals surface area contributed by atoms with Gasteiger partial charge in [-0.05, 0) is 40.0 Å². The third-order valence-electron chi connectivity index (χ3n) is 3.21. The number of carboxylic acid groups (broad SMARTS) is 1. The Kier molecular flexibility index (Phi) is 4.48. The van der Waals surface area contributed by atoms with E-state index in [4.69, 9.17) is 9.84 Å². The van der Waals surface area contributed by atoms with Gasteiger partial charge in [0.05, 0.1) is 10.3 Å². The van der Waals surface area contributed by atoms with Gasteiger partial charge in [-0.1, -0.05) is 0 Å². The van der Waals surface area contributed by atoms with E-state index in [1.54, 1.807) is 20.8 Å². The lowest BCUT2D eigenvalue weighted by molar-refractivity contribution is 0.0851. The molecule has 0 aromatic carbocycles. The van der Waals surface area contributed by atoms with E-state index in [0.717, 1.165) is 5.01 Å². The van der Waals surface area contributed by atoms with Crippen LogP contribution in [0.2, 0.25) is 0 Å². The van der Waals surface area contributed by atoms with Crippen LogP contribution >= 0.6 is 0 Å². The number of amides is 1. The van der Waals surface area contributed by atoms with Crippen molar-refractivity contribution in [1.29, 1.82) is 0 Å². The summed E-state index contributed by atoms with van der Waals surface area (Å²) in [5, 5.41) is 9.84. The predicted octanol–water partition coefficient (Wildman–Crippen LogP) is 1.17. The molecule has 1 fully saturated rings. The molecule has 1 saturated carbocycles. The van der Waals surface area contributed by atoms with Gasteiger partial charge in [0.15, 0.2) is 0 Å². The molecule has 0 aromatic rings. The smallest absolute Gasteiger partial charge is 0.423 e. The number of hydrogen-bond acceptors (Lipinski definition) is 4. The standard InChI is InChI=1S/C11H22N2O5S/c1-10(2,3)13(9(14)15)12-19(16,17)11(5-6-11)7-8-18-4/h12H,5-8H2,1-4H3,(H,14,15). The van der Waals surface area contributed by atoms with Gasteiger partial charge < -0.3 is 9.84 Å². The average molecular weight is 294 g/mol. The zero-order valence-corrected chi connectivity index (χ0v) is 12.6. The first-order valence-corrected chi connectivity index (χ1v) is 7.58. The molecule has 0 unspecified atom stereocenters. The summed E-state index contributed by atoms with van der Waals surface area (Å²) in [4.78, 5) is 13.4. The lowest BCUT2D eigenvalue weighted by Gasteiger charge is -2.34. The molecule has 8 heteroatoms. The number of nitrogens with zero attached hydrogens (tertiary/aromatic N) is 1. The Bertz CT molecular complexity index is 436. The van der Waals surface area contributed by atoms with E-state index in [9.17, 15) is 13.2 Å². The van der Waals surface area contributed by atoms with E-state index >= 15 is 0 Å². The van der Waals surface area contributed by atoms with Gasteiger partial charge in [-0.3, -0.25) is 0 Å². The second-order valence-corrected chi connectivity index (χ2v) is 7.86. The lowest BCUT2D eigenvalue weighted by atomic mass is 10.1. The number of carbonyl (C=O) groups is 1. The fraction of sp³-hybridized carbons (Fsp3) is 0.909. The van der Waals surface area contributed by atoms with E-state index in [1.807, 2.05) is 0 Å². The Balaban J connectivity index is 2.87. The monoisotopic (exact) mass is 294 g/mol. The summed E-state index contributed by atoms with van der Waals surface area (Å²) in [5.74, 6) is 0. The van der Waals surface area contributed by atoms with Gasteiger partial charge in [0.2, 0.25) is 10.0 Å². The van der Waals surface area contributed by atoms with Crippen molar-refractivity contribution < 1.29 is 23.1 Å². The molecule has 0 heterocycles. The van der Waals surface area contributed by atoms with Gasteiger partial charge in [0.1, 0.15) is 0 Å². The van der Waals surface area contributed by atoms with Crippen molar-refractivity contribution in [1.82, 2.24) is 9.84 Å². The van der Waals surface area contributed by atoms with Crippen molar-refractivity contribution in [2.24, 2.45) is 0 Å². The summed E-state index contributed by atoms with van der Waals surface area (Å²) in [6.07, 6.45) is 0.113. The molecule has 0 bridgehead atoms. The highest BCUT2D eigenvalue weighted by atomic mass is 32.2. The highest BCUT2D eigenvalue weighted by Gasteiger charge is 2.55. The van der Waals surface area contributed by atoms with Crippen LogP contribution in [0, 0.1) is 0 Å². The Morgan fingerprint density at radius 1 is 1.42 bits per heavy atom. The Morgan fingerprint density at radius 2 is 1.95 bits per heavy atom. The average Bonchev–Trinajstić information content (AvgIpc) is 3.02. The van der Waals surface area contributed by atoms with Crippen LogP contribution in [0.5, 0.6) is 0 Å². The van der Waals surface area contributed by atoms with Crippen LogP contribution in [-0.2, 0) is 14.8 Å². The first-order chi connectivity index (χ1) is 8.56. The maximum atomic E-state index is 12.3. The molecule has 0 saturated heterocycles. The minimum Gasteiger partial charge on any atom is -0.464 e. The number of methoxy groups -OCH3 is 1. The Labute approximate surface area is 113 Å². The molecule has 19 heavy (non-hydrogen) atoms. The van der Waals surface area contributed by atoms with E-state index in [0.29, 0.717) is 25.9 Å². The van der Waals surface area contributed by atoms with Crippen LogP contribution in [0.15, 0.2) is 0 Å². The number of hydrogen-bond donors (Lipinski definition) is 2. The molecule has 1 aliphatic rings. The fourth-order valence-electron chi connectivity index (χ4n) is 1.76. The first-order valence-electron chi connectivity index (χ1n) is 6.10. The first kappa shape index (κ1) is 16.2. The molecule has 0 aromatic heterocycles. The maximum Gasteiger partial charge on any atom is 0.423 e. The Hall–Kier alpha value is -0.860. The summed E-state index contributed by atoms with van der Waals surface area (Å²) >= 11 is 0. The second-order valence-electron chi connectivity index (χ2n) is 5.81. The van der Waals surface area contributed by atoms with Crippen molar-refractivity contribution >= 4 is 16.1 Å². The van der Waals surface area contributed by atoms with E-state index in [1.165, 1.54) is 7.11 Å². The number of ether oxygens (including phenoxy) is 1. The lowest BCUT2D eigenvalue weighted by Crippen LogP contribution is -2.57. The van der Waals surface area contributed by atoms with Crippen LogP contribution in [0.1, 0.15) is 40.0 Å². The molecule has 1 aliphatic carbocycles. The number of rotatable bonds is 6. The molecular weight excluding hydrogens is 272 g/mol. The quantitative estimate of drug-likeness (QED) is 0.717. The normalized spacial score (nSPS) is 18.1. The molecular formula is C11H22N2O5S. The van der Waals surface area contributed by atoms with Crippen molar-refractivity contribution in [3.63, 3.8) is 0 Å². The van der Waals surface area contributed by atoms with Gasteiger partial charge in [0.25, 0.3) is 0 Å². The SMILES string of the molecule is COCCC1(S(=O)(=O)NN(C(=O)O)C(C)(C)C)CC1. The number of nitrogens with one attached hydrogen (secondary N) is 1. The summed E-state index contributed by atoms with van der Waals surface area (Å²) in [6, 6.07) is 0. The second kappa shape index (κ2) is 5.26. The molecule has 0 atom stereocenters. The van der Waals surface area contributed by atoms with Gasteiger partial charge in [0, 0.05) is 13.7 Å². The van der Waals surface area contributed by atoms with Crippen LogP contribution < -0.4 is 4.83 Å². The molecule has 1 amide bonds. The molecule has 0 aliphatic heterocycles. The highest BCUT2D eigenvalue weighted by molar-refractivity contribution is 7.91. The molecule has 0 radical (unpaired) electrons. The summed E-state index contributed by atoms with van der Waals surface area (Å²) in [7, 11) is -2.22. The van der Waals surface area contributed by atoms with Crippen LogP contribution in [-0.4, -0.2) is 48.6 Å². The number of hydrazine groups is 1.